The highest BCUT2D eigenvalue weighted by Gasteiger charge is 2.28. The van der Waals surface area contributed by atoms with Crippen LogP contribution in [0.1, 0.15) is 79.6 Å². The standard InChI is InChI=1S/C25H48N4O4/c1-8-19(2)12-13-21(30)28-17-14-25(5,6)33-18-15-24(3,4)23(32)29-16-10-9-11-20(27-7)22(26)31/h8,19-20,27H,1,9-18H2,2-7H3,(H2,26,31)(H,28,30)(H,29,32). The van der Waals surface area contributed by atoms with Gasteiger partial charge in [-0.3, -0.25) is 14.4 Å². The highest BCUT2D eigenvalue weighted by Crippen LogP contribution is 2.23. The van der Waals surface area contributed by atoms with Crippen molar-refractivity contribution in [2.45, 2.75) is 91.2 Å². The van der Waals surface area contributed by atoms with E-state index in [4.69, 9.17) is 10.5 Å². The molecular weight excluding hydrogens is 420 g/mol. The number of amides is 3. The van der Waals surface area contributed by atoms with Gasteiger partial charge in [-0.15, -0.1) is 6.58 Å². The van der Waals surface area contributed by atoms with E-state index in [0.717, 1.165) is 19.3 Å². The van der Waals surface area contributed by atoms with E-state index in [1.807, 2.05) is 40.7 Å². The van der Waals surface area contributed by atoms with Crippen LogP contribution in [0, 0.1) is 11.3 Å². The van der Waals surface area contributed by atoms with Gasteiger partial charge in [-0.1, -0.05) is 26.8 Å². The first-order valence-corrected chi connectivity index (χ1v) is 12.1. The number of ether oxygens (including phenoxy) is 1. The SMILES string of the molecule is C=CC(C)CCC(=O)NCCC(C)(C)OCCC(C)(C)C(=O)NCCCCC(NC)C(N)=O. The first-order valence-electron chi connectivity index (χ1n) is 12.1. The number of likely N-dealkylation sites (N-methyl/N-ethyl adjacent to an activating group) is 1. The number of rotatable bonds is 19. The number of allylic oxidation sites excluding steroid dienone is 1. The Morgan fingerprint density at radius 3 is 2.27 bits per heavy atom. The van der Waals surface area contributed by atoms with Crippen LogP contribution in [0.2, 0.25) is 0 Å². The van der Waals surface area contributed by atoms with Crippen molar-refractivity contribution >= 4 is 17.7 Å². The first kappa shape index (κ1) is 31.1. The molecule has 0 radical (unpaired) electrons. The molecule has 3 amide bonds. The summed E-state index contributed by atoms with van der Waals surface area (Å²) in [6, 6.07) is -0.327. The Morgan fingerprint density at radius 2 is 1.70 bits per heavy atom. The van der Waals surface area contributed by atoms with E-state index in [1.54, 1.807) is 7.05 Å². The number of hydrogen-bond donors (Lipinski definition) is 4. The van der Waals surface area contributed by atoms with Gasteiger partial charge >= 0.3 is 0 Å². The summed E-state index contributed by atoms with van der Waals surface area (Å²) in [6.45, 7) is 15.2. The fourth-order valence-corrected chi connectivity index (χ4v) is 3.18. The van der Waals surface area contributed by atoms with Gasteiger partial charge in [0.05, 0.1) is 11.6 Å². The summed E-state index contributed by atoms with van der Waals surface area (Å²) in [5, 5.41) is 8.81. The highest BCUT2D eigenvalue weighted by molar-refractivity contribution is 5.81. The molecule has 0 spiro atoms. The van der Waals surface area contributed by atoms with Crippen molar-refractivity contribution in [2.24, 2.45) is 17.1 Å². The Morgan fingerprint density at radius 1 is 1.03 bits per heavy atom. The van der Waals surface area contributed by atoms with Crippen LogP contribution in [-0.4, -0.2) is 56.1 Å². The van der Waals surface area contributed by atoms with Crippen LogP contribution in [0.25, 0.3) is 0 Å². The lowest BCUT2D eigenvalue weighted by atomic mass is 9.88. The van der Waals surface area contributed by atoms with Crippen molar-refractivity contribution < 1.29 is 19.1 Å². The molecular formula is C25H48N4O4. The Labute approximate surface area is 200 Å². The second kappa shape index (κ2) is 15.8. The van der Waals surface area contributed by atoms with E-state index in [0.29, 0.717) is 51.3 Å². The summed E-state index contributed by atoms with van der Waals surface area (Å²) in [5.74, 6) is 0.0214. The van der Waals surface area contributed by atoms with Gasteiger partial charge in [-0.05, 0) is 65.3 Å². The predicted molar refractivity (Wildman–Crippen MR) is 134 cm³/mol. The molecule has 33 heavy (non-hydrogen) atoms. The van der Waals surface area contributed by atoms with E-state index in [1.165, 1.54) is 0 Å². The molecule has 8 nitrogen and oxygen atoms in total. The van der Waals surface area contributed by atoms with Gasteiger partial charge in [0.1, 0.15) is 0 Å². The molecule has 0 aromatic heterocycles. The lowest BCUT2D eigenvalue weighted by molar-refractivity contribution is -0.131. The van der Waals surface area contributed by atoms with Crippen molar-refractivity contribution in [3.05, 3.63) is 12.7 Å². The normalized spacial score (nSPS) is 13.8. The van der Waals surface area contributed by atoms with Crippen molar-refractivity contribution in [3.63, 3.8) is 0 Å². The quantitative estimate of drug-likeness (QED) is 0.171. The average Bonchev–Trinajstić information content (AvgIpc) is 2.73. The molecule has 0 rings (SSSR count). The van der Waals surface area contributed by atoms with Gasteiger partial charge in [0, 0.05) is 31.5 Å². The molecule has 0 fully saturated rings. The Bertz CT molecular complexity index is 620. The van der Waals surface area contributed by atoms with Gasteiger partial charge in [-0.2, -0.15) is 0 Å². The zero-order valence-electron chi connectivity index (χ0n) is 21.7. The largest absolute Gasteiger partial charge is 0.375 e. The third-order valence-electron chi connectivity index (χ3n) is 6.01. The number of carbonyl (C=O) groups is 3. The lowest BCUT2D eigenvalue weighted by Gasteiger charge is -2.29. The lowest BCUT2D eigenvalue weighted by Crippen LogP contribution is -2.40. The van der Waals surface area contributed by atoms with Crippen LogP contribution in [-0.2, 0) is 19.1 Å². The van der Waals surface area contributed by atoms with Gasteiger partial charge < -0.3 is 26.4 Å². The van der Waals surface area contributed by atoms with Crippen LogP contribution in [0.5, 0.6) is 0 Å². The molecule has 2 unspecified atom stereocenters. The number of carbonyl (C=O) groups excluding carboxylic acids is 3. The summed E-state index contributed by atoms with van der Waals surface area (Å²) in [7, 11) is 1.71. The van der Waals surface area contributed by atoms with E-state index in [2.05, 4.69) is 22.5 Å². The fourth-order valence-electron chi connectivity index (χ4n) is 3.18. The van der Waals surface area contributed by atoms with Gasteiger partial charge in [0.25, 0.3) is 0 Å². The van der Waals surface area contributed by atoms with E-state index in [9.17, 15) is 14.4 Å². The van der Waals surface area contributed by atoms with Gasteiger partial charge in [0.15, 0.2) is 0 Å². The van der Waals surface area contributed by atoms with Crippen molar-refractivity contribution in [1.82, 2.24) is 16.0 Å². The van der Waals surface area contributed by atoms with Crippen LogP contribution in [0.15, 0.2) is 12.7 Å². The molecule has 192 valence electrons. The number of primary amides is 1. The molecule has 0 aromatic rings. The molecule has 0 saturated heterocycles. The molecule has 2 atom stereocenters. The van der Waals surface area contributed by atoms with E-state index < -0.39 is 11.0 Å². The zero-order valence-corrected chi connectivity index (χ0v) is 21.7. The maximum atomic E-state index is 12.6. The first-order chi connectivity index (χ1) is 15.3. The second-order valence-electron chi connectivity index (χ2n) is 10.1. The van der Waals surface area contributed by atoms with Crippen molar-refractivity contribution in [3.8, 4) is 0 Å². The average molecular weight is 469 g/mol. The number of nitrogens with one attached hydrogen (secondary N) is 3. The number of hydrogen-bond acceptors (Lipinski definition) is 5. The highest BCUT2D eigenvalue weighted by atomic mass is 16.5. The second-order valence-corrected chi connectivity index (χ2v) is 10.1. The molecule has 5 N–H and O–H groups in total. The molecule has 0 aliphatic rings. The van der Waals surface area contributed by atoms with Crippen molar-refractivity contribution in [2.75, 3.05) is 26.7 Å². The van der Waals surface area contributed by atoms with E-state index >= 15 is 0 Å². The minimum atomic E-state index is -0.549. The van der Waals surface area contributed by atoms with E-state index in [-0.39, 0.29) is 23.8 Å². The summed E-state index contributed by atoms with van der Waals surface area (Å²) in [5.41, 5.74) is 4.37. The summed E-state index contributed by atoms with van der Waals surface area (Å²) < 4.78 is 6.02. The van der Waals surface area contributed by atoms with Crippen LogP contribution >= 0.6 is 0 Å². The minimum absolute atomic E-state index is 0.00927. The Balaban J connectivity index is 4.14. The number of nitrogens with two attached hydrogens (primary N) is 1. The zero-order chi connectivity index (χ0) is 25.5. The smallest absolute Gasteiger partial charge is 0.234 e. The van der Waals surface area contributed by atoms with Crippen LogP contribution in [0.4, 0.5) is 0 Å². The summed E-state index contributed by atoms with van der Waals surface area (Å²) >= 11 is 0. The molecule has 8 heteroatoms. The summed E-state index contributed by atoms with van der Waals surface area (Å²) in [4.78, 5) is 35.7. The van der Waals surface area contributed by atoms with Gasteiger partial charge in [-0.25, -0.2) is 0 Å². The summed E-state index contributed by atoms with van der Waals surface area (Å²) in [6.07, 6.45) is 6.69. The minimum Gasteiger partial charge on any atom is -0.375 e. The maximum absolute atomic E-state index is 12.6. The monoisotopic (exact) mass is 468 g/mol. The maximum Gasteiger partial charge on any atom is 0.234 e. The van der Waals surface area contributed by atoms with Crippen LogP contribution in [0.3, 0.4) is 0 Å². The molecule has 0 aliphatic carbocycles. The third-order valence-corrected chi connectivity index (χ3v) is 6.01. The third kappa shape index (κ3) is 14.8. The van der Waals surface area contributed by atoms with Crippen molar-refractivity contribution in [1.29, 1.82) is 0 Å². The molecule has 0 aromatic carbocycles. The van der Waals surface area contributed by atoms with Gasteiger partial charge in [0.2, 0.25) is 17.7 Å². The molecule has 0 heterocycles. The fraction of sp³-hybridized carbons (Fsp3) is 0.800. The topological polar surface area (TPSA) is 123 Å². The number of unbranched alkanes of at least 4 members (excludes halogenated alkanes) is 1. The Hall–Kier alpha value is -1.93. The molecule has 0 aliphatic heterocycles. The predicted octanol–water partition coefficient (Wildman–Crippen LogP) is 2.67. The molecule has 0 saturated carbocycles. The molecule has 0 bridgehead atoms. The van der Waals surface area contributed by atoms with Crippen LogP contribution < -0.4 is 21.7 Å². The Kier molecular flexibility index (Phi) is 14.9.